The fourth-order valence-electron chi connectivity index (χ4n) is 3.33. The standard InChI is InChI=1S/C8H17N.C6H11NO.C6H13N/c1-7(2)8-4-3-5-9-6-8;8-6-4-2-1-3-5-7-6;1-2-4-6-7-5-3-1/h7-9H,3-6H2,1-2H3;1-5H2,(H,7,8);7H,1-6H2. The Hall–Kier alpha value is -0.610. The van der Waals surface area contributed by atoms with Gasteiger partial charge in [-0.2, -0.15) is 0 Å². The van der Waals surface area contributed by atoms with Crippen LogP contribution in [0.25, 0.3) is 0 Å². The smallest absolute Gasteiger partial charge is 0.219 e. The lowest BCUT2D eigenvalue weighted by Crippen LogP contribution is -2.32. The third-order valence-corrected chi connectivity index (χ3v) is 5.14. The number of nitrogens with one attached hydrogen (secondary N) is 3. The molecule has 0 aromatic carbocycles. The lowest BCUT2D eigenvalue weighted by Gasteiger charge is -2.25. The highest BCUT2D eigenvalue weighted by molar-refractivity contribution is 5.75. The van der Waals surface area contributed by atoms with Crippen molar-refractivity contribution in [3.8, 4) is 0 Å². The molecular weight excluding hydrogens is 298 g/mol. The Balaban J connectivity index is 0.000000181. The molecule has 3 N–H and O–H groups in total. The van der Waals surface area contributed by atoms with Gasteiger partial charge in [0.1, 0.15) is 0 Å². The van der Waals surface area contributed by atoms with Crippen LogP contribution in [0.2, 0.25) is 0 Å². The predicted molar refractivity (Wildman–Crippen MR) is 103 cm³/mol. The number of carbonyl (C=O) groups excluding carboxylic acids is 1. The van der Waals surface area contributed by atoms with E-state index in [1.807, 2.05) is 0 Å². The summed E-state index contributed by atoms with van der Waals surface area (Å²) in [5, 5.41) is 9.57. The average molecular weight is 340 g/mol. The van der Waals surface area contributed by atoms with Crippen LogP contribution in [0, 0.1) is 11.8 Å². The monoisotopic (exact) mass is 339 g/mol. The van der Waals surface area contributed by atoms with Gasteiger partial charge < -0.3 is 16.0 Å². The van der Waals surface area contributed by atoms with Gasteiger partial charge in [0.25, 0.3) is 0 Å². The van der Waals surface area contributed by atoms with Gasteiger partial charge in [0.05, 0.1) is 0 Å². The number of amides is 1. The summed E-state index contributed by atoms with van der Waals surface area (Å²) in [5.74, 6) is 2.04. The Kier molecular flexibility index (Phi) is 13.1. The van der Waals surface area contributed by atoms with Crippen molar-refractivity contribution in [2.45, 2.75) is 78.1 Å². The molecule has 3 rings (SSSR count). The molecule has 3 fully saturated rings. The van der Waals surface area contributed by atoms with E-state index >= 15 is 0 Å². The molecular formula is C20H41N3O. The molecule has 0 aromatic heterocycles. The van der Waals surface area contributed by atoms with Crippen LogP contribution < -0.4 is 16.0 Å². The van der Waals surface area contributed by atoms with Gasteiger partial charge in [-0.3, -0.25) is 4.79 Å². The molecule has 0 saturated carbocycles. The van der Waals surface area contributed by atoms with Crippen molar-refractivity contribution in [2.75, 3.05) is 32.7 Å². The Labute approximate surface area is 149 Å². The largest absolute Gasteiger partial charge is 0.356 e. The predicted octanol–water partition coefficient (Wildman–Crippen LogP) is 3.47. The second-order valence-electron chi connectivity index (χ2n) is 7.68. The van der Waals surface area contributed by atoms with Gasteiger partial charge in [-0.1, -0.05) is 33.1 Å². The minimum absolute atomic E-state index is 0.225. The second-order valence-corrected chi connectivity index (χ2v) is 7.68. The third kappa shape index (κ3) is 11.9. The third-order valence-electron chi connectivity index (χ3n) is 5.14. The molecule has 1 unspecified atom stereocenters. The minimum Gasteiger partial charge on any atom is -0.356 e. The van der Waals surface area contributed by atoms with Crippen molar-refractivity contribution in [1.29, 1.82) is 0 Å². The van der Waals surface area contributed by atoms with Gasteiger partial charge in [0.15, 0.2) is 0 Å². The number of hydrogen-bond acceptors (Lipinski definition) is 3. The molecule has 1 amide bonds. The van der Waals surface area contributed by atoms with E-state index in [-0.39, 0.29) is 5.91 Å². The lowest BCUT2D eigenvalue weighted by molar-refractivity contribution is -0.120. The Morgan fingerprint density at radius 1 is 0.792 bits per heavy atom. The SMILES string of the molecule is C1CCCNCC1.CC(C)C1CCCNC1.O=C1CCCCCN1. The molecule has 0 bridgehead atoms. The van der Waals surface area contributed by atoms with Gasteiger partial charge in [0.2, 0.25) is 5.91 Å². The summed E-state index contributed by atoms with van der Waals surface area (Å²) in [6.45, 7) is 10.5. The van der Waals surface area contributed by atoms with Crippen LogP contribution >= 0.6 is 0 Å². The maximum atomic E-state index is 10.6. The summed E-state index contributed by atoms with van der Waals surface area (Å²) in [6.07, 6.45) is 12.6. The molecule has 0 aliphatic carbocycles. The highest BCUT2D eigenvalue weighted by atomic mass is 16.1. The van der Waals surface area contributed by atoms with E-state index in [0.29, 0.717) is 0 Å². The van der Waals surface area contributed by atoms with Crippen LogP contribution in [0.3, 0.4) is 0 Å². The summed E-state index contributed by atoms with van der Waals surface area (Å²) in [5.41, 5.74) is 0. The van der Waals surface area contributed by atoms with Crippen LogP contribution in [0.5, 0.6) is 0 Å². The fourth-order valence-corrected chi connectivity index (χ4v) is 3.33. The van der Waals surface area contributed by atoms with Crippen LogP contribution in [0.1, 0.15) is 78.1 Å². The summed E-state index contributed by atoms with van der Waals surface area (Å²) >= 11 is 0. The first-order chi connectivity index (χ1) is 11.7. The molecule has 3 heterocycles. The minimum atomic E-state index is 0.225. The van der Waals surface area contributed by atoms with Crippen LogP contribution in [-0.4, -0.2) is 38.6 Å². The van der Waals surface area contributed by atoms with E-state index in [0.717, 1.165) is 37.6 Å². The number of piperidine rings is 1. The van der Waals surface area contributed by atoms with E-state index in [9.17, 15) is 4.79 Å². The molecule has 0 radical (unpaired) electrons. The Morgan fingerprint density at radius 2 is 1.42 bits per heavy atom. The Bertz CT molecular complexity index is 272. The number of hydrogen-bond donors (Lipinski definition) is 3. The van der Waals surface area contributed by atoms with Gasteiger partial charge in [-0.05, 0) is 76.5 Å². The van der Waals surface area contributed by atoms with Crippen molar-refractivity contribution in [3.05, 3.63) is 0 Å². The van der Waals surface area contributed by atoms with Crippen molar-refractivity contribution in [1.82, 2.24) is 16.0 Å². The molecule has 4 heteroatoms. The van der Waals surface area contributed by atoms with Crippen molar-refractivity contribution >= 4 is 5.91 Å². The molecule has 3 aliphatic rings. The van der Waals surface area contributed by atoms with E-state index in [4.69, 9.17) is 0 Å². The Morgan fingerprint density at radius 3 is 2.00 bits per heavy atom. The van der Waals surface area contributed by atoms with Crippen LogP contribution in [0.4, 0.5) is 0 Å². The molecule has 1 atom stereocenters. The number of rotatable bonds is 1. The van der Waals surface area contributed by atoms with Gasteiger partial charge in [0, 0.05) is 13.0 Å². The normalized spacial score (nSPS) is 25.1. The average Bonchev–Trinajstić information content (AvgIpc) is 3.04. The topological polar surface area (TPSA) is 53.2 Å². The molecule has 24 heavy (non-hydrogen) atoms. The van der Waals surface area contributed by atoms with E-state index in [2.05, 4.69) is 29.8 Å². The zero-order chi connectivity index (χ0) is 17.5. The molecule has 142 valence electrons. The van der Waals surface area contributed by atoms with E-state index in [1.165, 1.54) is 71.1 Å². The highest BCUT2D eigenvalue weighted by Gasteiger charge is 2.15. The molecule has 3 saturated heterocycles. The van der Waals surface area contributed by atoms with E-state index in [1.54, 1.807) is 0 Å². The van der Waals surface area contributed by atoms with Crippen molar-refractivity contribution < 1.29 is 4.79 Å². The first kappa shape index (κ1) is 21.4. The lowest BCUT2D eigenvalue weighted by atomic mass is 9.89. The van der Waals surface area contributed by atoms with Gasteiger partial charge >= 0.3 is 0 Å². The summed E-state index contributed by atoms with van der Waals surface area (Å²) in [6, 6.07) is 0. The summed E-state index contributed by atoms with van der Waals surface area (Å²) in [4.78, 5) is 10.6. The van der Waals surface area contributed by atoms with Gasteiger partial charge in [-0.25, -0.2) is 0 Å². The number of carbonyl (C=O) groups is 1. The van der Waals surface area contributed by atoms with E-state index < -0.39 is 0 Å². The second kappa shape index (κ2) is 14.7. The van der Waals surface area contributed by atoms with Crippen molar-refractivity contribution in [3.63, 3.8) is 0 Å². The van der Waals surface area contributed by atoms with Gasteiger partial charge in [-0.15, -0.1) is 0 Å². The van der Waals surface area contributed by atoms with Crippen molar-refractivity contribution in [2.24, 2.45) is 11.8 Å². The first-order valence-electron chi connectivity index (χ1n) is 10.4. The molecule has 0 spiro atoms. The quantitative estimate of drug-likeness (QED) is 0.686. The molecule has 4 nitrogen and oxygen atoms in total. The summed E-state index contributed by atoms with van der Waals surface area (Å²) < 4.78 is 0. The first-order valence-corrected chi connectivity index (χ1v) is 10.4. The maximum Gasteiger partial charge on any atom is 0.219 e. The fraction of sp³-hybridized carbons (Fsp3) is 0.950. The zero-order valence-electron chi connectivity index (χ0n) is 16.2. The highest BCUT2D eigenvalue weighted by Crippen LogP contribution is 2.18. The zero-order valence-corrected chi connectivity index (χ0v) is 16.2. The van der Waals surface area contributed by atoms with Crippen LogP contribution in [0.15, 0.2) is 0 Å². The summed E-state index contributed by atoms with van der Waals surface area (Å²) in [7, 11) is 0. The maximum absolute atomic E-state index is 10.6. The molecule has 3 aliphatic heterocycles. The molecule has 0 aromatic rings. The van der Waals surface area contributed by atoms with Crippen LogP contribution in [-0.2, 0) is 4.79 Å².